The lowest BCUT2D eigenvalue weighted by molar-refractivity contribution is 0.407. The summed E-state index contributed by atoms with van der Waals surface area (Å²) < 4.78 is 2.09. The van der Waals surface area contributed by atoms with Crippen LogP contribution in [0.25, 0.3) is 0 Å². The van der Waals surface area contributed by atoms with Gasteiger partial charge in [-0.05, 0) is 27.2 Å². The third-order valence-corrected chi connectivity index (χ3v) is 2.59. The highest BCUT2D eigenvalue weighted by molar-refractivity contribution is 4.97. The van der Waals surface area contributed by atoms with Gasteiger partial charge in [-0.2, -0.15) is 5.26 Å². The topological polar surface area (TPSA) is 67.6 Å². The summed E-state index contributed by atoms with van der Waals surface area (Å²) in [7, 11) is 0. The SMILES string of the molecule is CC(N)Cc1nccn1CCC(C)(C)C#N. The van der Waals surface area contributed by atoms with Crippen LogP contribution in [0, 0.1) is 16.7 Å². The molecule has 0 aliphatic heterocycles. The Labute approximate surface area is 97.1 Å². The van der Waals surface area contributed by atoms with E-state index in [2.05, 4.69) is 15.6 Å². The second-order valence-electron chi connectivity index (χ2n) is 4.96. The lowest BCUT2D eigenvalue weighted by Gasteiger charge is -2.16. The molecular formula is C12H20N4. The maximum absolute atomic E-state index is 8.94. The van der Waals surface area contributed by atoms with Gasteiger partial charge in [0, 0.05) is 31.4 Å². The smallest absolute Gasteiger partial charge is 0.110 e. The number of aryl methyl sites for hydroxylation is 1. The highest BCUT2D eigenvalue weighted by Gasteiger charge is 2.17. The lowest BCUT2D eigenvalue weighted by atomic mass is 9.91. The van der Waals surface area contributed by atoms with Gasteiger partial charge in [0.15, 0.2) is 0 Å². The van der Waals surface area contributed by atoms with E-state index in [9.17, 15) is 0 Å². The van der Waals surface area contributed by atoms with Crippen molar-refractivity contribution >= 4 is 0 Å². The van der Waals surface area contributed by atoms with Crippen molar-refractivity contribution in [3.05, 3.63) is 18.2 Å². The Balaban J connectivity index is 2.61. The van der Waals surface area contributed by atoms with Crippen molar-refractivity contribution in [2.24, 2.45) is 11.1 Å². The summed E-state index contributed by atoms with van der Waals surface area (Å²) in [6.45, 7) is 6.70. The van der Waals surface area contributed by atoms with Crippen LogP contribution in [0.4, 0.5) is 0 Å². The molecule has 0 saturated heterocycles. The summed E-state index contributed by atoms with van der Waals surface area (Å²) in [6.07, 6.45) is 5.34. The third-order valence-electron chi connectivity index (χ3n) is 2.59. The van der Waals surface area contributed by atoms with Gasteiger partial charge in [0.25, 0.3) is 0 Å². The summed E-state index contributed by atoms with van der Waals surface area (Å²) in [5.74, 6) is 1.00. The Morgan fingerprint density at radius 1 is 1.62 bits per heavy atom. The van der Waals surface area contributed by atoms with Crippen LogP contribution in [0.5, 0.6) is 0 Å². The quantitative estimate of drug-likeness (QED) is 0.821. The first-order valence-electron chi connectivity index (χ1n) is 5.61. The van der Waals surface area contributed by atoms with Gasteiger partial charge < -0.3 is 10.3 Å². The summed E-state index contributed by atoms with van der Waals surface area (Å²) in [4.78, 5) is 4.28. The molecule has 0 saturated carbocycles. The average Bonchev–Trinajstić information content (AvgIpc) is 2.62. The number of rotatable bonds is 5. The van der Waals surface area contributed by atoms with E-state index < -0.39 is 0 Å². The Morgan fingerprint density at radius 2 is 2.31 bits per heavy atom. The van der Waals surface area contributed by atoms with Gasteiger partial charge in [-0.15, -0.1) is 0 Å². The van der Waals surface area contributed by atoms with E-state index in [1.165, 1.54) is 0 Å². The molecule has 0 aromatic carbocycles. The fourth-order valence-corrected chi connectivity index (χ4v) is 1.48. The monoisotopic (exact) mass is 220 g/mol. The minimum Gasteiger partial charge on any atom is -0.335 e. The van der Waals surface area contributed by atoms with Gasteiger partial charge in [-0.3, -0.25) is 0 Å². The lowest BCUT2D eigenvalue weighted by Crippen LogP contribution is -2.21. The van der Waals surface area contributed by atoms with E-state index in [0.29, 0.717) is 0 Å². The van der Waals surface area contributed by atoms with E-state index >= 15 is 0 Å². The Bertz CT molecular complexity index is 371. The molecule has 4 nitrogen and oxygen atoms in total. The molecule has 1 rings (SSSR count). The second-order valence-corrected chi connectivity index (χ2v) is 4.96. The second kappa shape index (κ2) is 5.13. The molecule has 1 aromatic rings. The maximum Gasteiger partial charge on any atom is 0.110 e. The molecule has 0 aliphatic carbocycles. The number of imidazole rings is 1. The largest absolute Gasteiger partial charge is 0.335 e. The van der Waals surface area contributed by atoms with Crippen LogP contribution >= 0.6 is 0 Å². The van der Waals surface area contributed by atoms with Crippen LogP contribution < -0.4 is 5.73 Å². The summed E-state index contributed by atoms with van der Waals surface area (Å²) in [5.41, 5.74) is 5.47. The molecule has 1 heterocycles. The van der Waals surface area contributed by atoms with E-state index in [1.54, 1.807) is 6.20 Å². The number of hydrogen-bond donors (Lipinski definition) is 1. The molecule has 0 aliphatic rings. The van der Waals surface area contributed by atoms with Gasteiger partial charge in [-0.1, -0.05) is 0 Å². The molecule has 1 unspecified atom stereocenters. The maximum atomic E-state index is 8.94. The predicted octanol–water partition coefficient (Wildman–Crippen LogP) is 1.71. The zero-order valence-corrected chi connectivity index (χ0v) is 10.3. The Hall–Kier alpha value is -1.34. The van der Waals surface area contributed by atoms with E-state index in [-0.39, 0.29) is 11.5 Å². The van der Waals surface area contributed by atoms with Crippen molar-refractivity contribution in [2.45, 2.75) is 46.2 Å². The van der Waals surface area contributed by atoms with Crippen LogP contribution in [0.15, 0.2) is 12.4 Å². The summed E-state index contributed by atoms with van der Waals surface area (Å²) in [6, 6.07) is 2.42. The fraction of sp³-hybridized carbons (Fsp3) is 0.667. The molecular weight excluding hydrogens is 200 g/mol. The molecule has 4 heteroatoms. The molecule has 0 fully saturated rings. The third kappa shape index (κ3) is 3.67. The normalized spacial score (nSPS) is 13.4. The minimum absolute atomic E-state index is 0.116. The van der Waals surface area contributed by atoms with Gasteiger partial charge >= 0.3 is 0 Å². The van der Waals surface area contributed by atoms with Crippen molar-refractivity contribution < 1.29 is 0 Å². The summed E-state index contributed by atoms with van der Waals surface area (Å²) >= 11 is 0. The molecule has 1 aromatic heterocycles. The predicted molar refractivity (Wildman–Crippen MR) is 63.6 cm³/mol. The molecule has 0 radical (unpaired) electrons. The molecule has 88 valence electrons. The molecule has 2 N–H and O–H groups in total. The van der Waals surface area contributed by atoms with Crippen molar-refractivity contribution in [3.63, 3.8) is 0 Å². The zero-order valence-electron chi connectivity index (χ0n) is 10.3. The molecule has 16 heavy (non-hydrogen) atoms. The van der Waals surface area contributed by atoms with Gasteiger partial charge in [-0.25, -0.2) is 4.98 Å². The van der Waals surface area contributed by atoms with Crippen LogP contribution in [-0.4, -0.2) is 15.6 Å². The van der Waals surface area contributed by atoms with E-state index in [1.807, 2.05) is 27.0 Å². The first-order valence-corrected chi connectivity index (χ1v) is 5.61. The standard InChI is InChI=1S/C12H20N4/c1-10(14)8-11-15-5-7-16(11)6-4-12(2,3)9-13/h5,7,10H,4,6,8,14H2,1-3H3. The van der Waals surface area contributed by atoms with Crippen molar-refractivity contribution in [1.29, 1.82) is 5.26 Å². The number of hydrogen-bond acceptors (Lipinski definition) is 3. The van der Waals surface area contributed by atoms with Gasteiger partial charge in [0.05, 0.1) is 11.5 Å². The molecule has 1 atom stereocenters. The van der Waals surface area contributed by atoms with Crippen LogP contribution in [-0.2, 0) is 13.0 Å². The number of nitrogens with two attached hydrogens (primary N) is 1. The number of nitriles is 1. The van der Waals surface area contributed by atoms with Crippen molar-refractivity contribution in [2.75, 3.05) is 0 Å². The fourth-order valence-electron chi connectivity index (χ4n) is 1.48. The van der Waals surface area contributed by atoms with Crippen molar-refractivity contribution in [3.8, 4) is 6.07 Å². The number of aromatic nitrogens is 2. The zero-order chi connectivity index (χ0) is 12.2. The Kier molecular flexibility index (Phi) is 4.08. The highest BCUT2D eigenvalue weighted by atomic mass is 15.1. The summed E-state index contributed by atoms with van der Waals surface area (Å²) in [5, 5.41) is 8.94. The Morgan fingerprint density at radius 3 is 2.88 bits per heavy atom. The first-order chi connectivity index (χ1) is 7.44. The van der Waals surface area contributed by atoms with Crippen LogP contribution in [0.1, 0.15) is 33.0 Å². The van der Waals surface area contributed by atoms with Gasteiger partial charge in [0.1, 0.15) is 5.82 Å². The molecule has 0 spiro atoms. The van der Waals surface area contributed by atoms with E-state index in [0.717, 1.165) is 25.2 Å². The van der Waals surface area contributed by atoms with E-state index in [4.69, 9.17) is 11.0 Å². The number of nitrogens with zero attached hydrogens (tertiary/aromatic N) is 3. The van der Waals surface area contributed by atoms with Crippen molar-refractivity contribution in [1.82, 2.24) is 9.55 Å². The van der Waals surface area contributed by atoms with Crippen LogP contribution in [0.2, 0.25) is 0 Å². The average molecular weight is 220 g/mol. The molecule has 0 amide bonds. The van der Waals surface area contributed by atoms with Crippen LogP contribution in [0.3, 0.4) is 0 Å². The highest BCUT2D eigenvalue weighted by Crippen LogP contribution is 2.19. The molecule has 0 bridgehead atoms. The van der Waals surface area contributed by atoms with Gasteiger partial charge in [0.2, 0.25) is 0 Å². The minimum atomic E-state index is -0.282. The first kappa shape index (κ1) is 12.7.